The number of anilines is 1. The zero-order chi connectivity index (χ0) is 18.4. The highest BCUT2D eigenvalue weighted by atomic mass is 32.2. The summed E-state index contributed by atoms with van der Waals surface area (Å²) in [5.41, 5.74) is 1.28. The van der Waals surface area contributed by atoms with Crippen molar-refractivity contribution in [2.75, 3.05) is 11.1 Å². The Morgan fingerprint density at radius 2 is 2.08 bits per heavy atom. The molecule has 2 aromatic rings. The van der Waals surface area contributed by atoms with Gasteiger partial charge in [0.2, 0.25) is 11.8 Å². The molecule has 0 saturated heterocycles. The lowest BCUT2D eigenvalue weighted by atomic mass is 10.0. The number of aromatic nitrogens is 3. The van der Waals surface area contributed by atoms with Crippen molar-refractivity contribution in [3.8, 4) is 5.69 Å². The van der Waals surface area contributed by atoms with Gasteiger partial charge in [-0.3, -0.25) is 14.2 Å². The molecule has 2 N–H and O–H groups in total. The van der Waals surface area contributed by atoms with E-state index in [-0.39, 0.29) is 23.1 Å². The molecule has 1 aromatic carbocycles. The van der Waals surface area contributed by atoms with Gasteiger partial charge in [-0.15, -0.1) is 10.2 Å². The third kappa shape index (κ3) is 5.60. The number of hydrogen-bond donors (Lipinski definition) is 2. The van der Waals surface area contributed by atoms with Crippen molar-refractivity contribution in [2.45, 2.75) is 44.8 Å². The maximum absolute atomic E-state index is 12.1. The Bertz CT molecular complexity index is 757. The average molecular weight is 361 g/mol. The Hall–Kier alpha value is -2.35. The average Bonchev–Trinajstić information content (AvgIpc) is 3.01. The monoisotopic (exact) mass is 361 g/mol. The highest BCUT2D eigenvalue weighted by Gasteiger charge is 2.18. The molecule has 8 heteroatoms. The maximum Gasteiger partial charge on any atom is 0.230 e. The lowest BCUT2D eigenvalue weighted by molar-refractivity contribution is -0.120. The highest BCUT2D eigenvalue weighted by Crippen LogP contribution is 2.22. The van der Waals surface area contributed by atoms with Gasteiger partial charge in [-0.25, -0.2) is 0 Å². The largest absolute Gasteiger partial charge is 0.351 e. The summed E-state index contributed by atoms with van der Waals surface area (Å²) in [4.78, 5) is 23.3. The molecule has 0 radical (unpaired) electrons. The molecule has 2 amide bonds. The van der Waals surface area contributed by atoms with Crippen molar-refractivity contribution in [3.63, 3.8) is 0 Å². The van der Waals surface area contributed by atoms with Crippen molar-refractivity contribution < 1.29 is 9.59 Å². The summed E-state index contributed by atoms with van der Waals surface area (Å²) in [6.45, 7) is 7.48. The summed E-state index contributed by atoms with van der Waals surface area (Å²) >= 11 is 1.32. The van der Waals surface area contributed by atoms with E-state index in [0.717, 1.165) is 12.1 Å². The van der Waals surface area contributed by atoms with Gasteiger partial charge in [0.25, 0.3) is 0 Å². The number of carbonyl (C=O) groups excluding carboxylic acids is 2. The van der Waals surface area contributed by atoms with Crippen molar-refractivity contribution in [3.05, 3.63) is 30.6 Å². The first-order valence-corrected chi connectivity index (χ1v) is 9.01. The Morgan fingerprint density at radius 3 is 2.76 bits per heavy atom. The number of amides is 2. The molecule has 7 nitrogen and oxygen atoms in total. The van der Waals surface area contributed by atoms with Gasteiger partial charge in [0.15, 0.2) is 5.16 Å². The Kier molecular flexibility index (Phi) is 6.19. The van der Waals surface area contributed by atoms with Gasteiger partial charge in [0, 0.05) is 18.2 Å². The SMILES string of the molecule is CCC(C)(C)NC(=O)CSc1nncn1-c1cccc(NC(C)=O)c1. The number of benzene rings is 1. The smallest absolute Gasteiger partial charge is 0.230 e. The quantitative estimate of drug-likeness (QED) is 0.740. The first-order valence-electron chi connectivity index (χ1n) is 8.02. The van der Waals surface area contributed by atoms with Crippen LogP contribution in [-0.2, 0) is 9.59 Å². The van der Waals surface area contributed by atoms with E-state index in [0.29, 0.717) is 10.8 Å². The van der Waals surface area contributed by atoms with E-state index in [1.807, 2.05) is 45.0 Å². The number of nitrogens with one attached hydrogen (secondary N) is 2. The van der Waals surface area contributed by atoms with Gasteiger partial charge >= 0.3 is 0 Å². The topological polar surface area (TPSA) is 88.9 Å². The van der Waals surface area contributed by atoms with Crippen LogP contribution in [0.4, 0.5) is 5.69 Å². The minimum atomic E-state index is -0.224. The van der Waals surface area contributed by atoms with Crippen LogP contribution >= 0.6 is 11.8 Å². The summed E-state index contributed by atoms with van der Waals surface area (Å²) in [6, 6.07) is 7.36. The predicted octanol–water partition coefficient (Wildman–Crippen LogP) is 2.62. The van der Waals surface area contributed by atoms with Crippen LogP contribution in [-0.4, -0.2) is 37.9 Å². The number of nitrogens with zero attached hydrogens (tertiary/aromatic N) is 3. The normalized spacial score (nSPS) is 11.2. The van der Waals surface area contributed by atoms with Crippen molar-refractivity contribution in [1.29, 1.82) is 0 Å². The van der Waals surface area contributed by atoms with Gasteiger partial charge in [0.1, 0.15) is 6.33 Å². The standard InChI is InChI=1S/C17H23N5O2S/c1-5-17(3,4)20-15(24)10-25-16-21-18-11-22(16)14-8-6-7-13(9-14)19-12(2)23/h6-9,11H,5,10H2,1-4H3,(H,19,23)(H,20,24). The molecule has 1 heterocycles. The van der Waals surface area contributed by atoms with E-state index in [1.54, 1.807) is 10.9 Å². The second-order valence-electron chi connectivity index (χ2n) is 6.29. The van der Waals surface area contributed by atoms with Crippen LogP contribution in [0.3, 0.4) is 0 Å². The van der Waals surface area contributed by atoms with Crippen LogP contribution in [0.1, 0.15) is 34.1 Å². The third-order valence-electron chi connectivity index (χ3n) is 3.66. The molecule has 134 valence electrons. The number of thioether (sulfide) groups is 1. The summed E-state index contributed by atoms with van der Waals surface area (Å²) in [7, 11) is 0. The van der Waals surface area contributed by atoms with Crippen molar-refractivity contribution >= 4 is 29.3 Å². The van der Waals surface area contributed by atoms with E-state index in [1.165, 1.54) is 18.7 Å². The number of rotatable bonds is 7. The van der Waals surface area contributed by atoms with Gasteiger partial charge < -0.3 is 10.6 Å². The predicted molar refractivity (Wildman–Crippen MR) is 98.9 cm³/mol. The zero-order valence-corrected chi connectivity index (χ0v) is 15.7. The molecule has 0 fully saturated rings. The summed E-state index contributed by atoms with van der Waals surface area (Å²) in [6.07, 6.45) is 2.44. The molecule has 0 spiro atoms. The highest BCUT2D eigenvalue weighted by molar-refractivity contribution is 7.99. The Labute approximate surface area is 151 Å². The Balaban J connectivity index is 2.08. The van der Waals surface area contributed by atoms with Crippen LogP contribution in [0, 0.1) is 0 Å². The van der Waals surface area contributed by atoms with Crippen LogP contribution in [0.25, 0.3) is 5.69 Å². The lowest BCUT2D eigenvalue weighted by Gasteiger charge is -2.24. The van der Waals surface area contributed by atoms with E-state index >= 15 is 0 Å². The summed E-state index contributed by atoms with van der Waals surface area (Å²) < 4.78 is 1.79. The molecule has 0 unspecified atom stereocenters. The molecular weight excluding hydrogens is 338 g/mol. The fraction of sp³-hybridized carbons (Fsp3) is 0.412. The van der Waals surface area contributed by atoms with Crippen LogP contribution in [0.2, 0.25) is 0 Å². The van der Waals surface area contributed by atoms with E-state index in [9.17, 15) is 9.59 Å². The molecular formula is C17H23N5O2S. The lowest BCUT2D eigenvalue weighted by Crippen LogP contribution is -2.43. The first kappa shape index (κ1) is 19.0. The van der Waals surface area contributed by atoms with Crippen molar-refractivity contribution in [1.82, 2.24) is 20.1 Å². The Morgan fingerprint density at radius 1 is 1.32 bits per heavy atom. The van der Waals surface area contributed by atoms with E-state index in [4.69, 9.17) is 0 Å². The van der Waals surface area contributed by atoms with Gasteiger partial charge in [-0.1, -0.05) is 24.8 Å². The molecule has 1 aromatic heterocycles. The van der Waals surface area contributed by atoms with Gasteiger partial charge in [0.05, 0.1) is 11.4 Å². The number of carbonyl (C=O) groups is 2. The number of hydrogen-bond acceptors (Lipinski definition) is 5. The minimum Gasteiger partial charge on any atom is -0.351 e. The fourth-order valence-electron chi connectivity index (χ4n) is 2.07. The molecule has 25 heavy (non-hydrogen) atoms. The second-order valence-corrected chi connectivity index (χ2v) is 7.23. The molecule has 2 rings (SSSR count). The van der Waals surface area contributed by atoms with Crippen LogP contribution < -0.4 is 10.6 Å². The van der Waals surface area contributed by atoms with Gasteiger partial charge in [-0.2, -0.15) is 0 Å². The van der Waals surface area contributed by atoms with E-state index in [2.05, 4.69) is 20.8 Å². The fourth-order valence-corrected chi connectivity index (χ4v) is 2.80. The molecule has 0 aliphatic heterocycles. The molecule has 0 saturated carbocycles. The second kappa shape index (κ2) is 8.15. The van der Waals surface area contributed by atoms with Crippen molar-refractivity contribution in [2.24, 2.45) is 0 Å². The molecule has 0 bridgehead atoms. The summed E-state index contributed by atoms with van der Waals surface area (Å²) in [5.74, 6) is 0.0807. The van der Waals surface area contributed by atoms with Crippen LogP contribution in [0.5, 0.6) is 0 Å². The van der Waals surface area contributed by atoms with Crippen LogP contribution in [0.15, 0.2) is 35.7 Å². The molecule has 0 aliphatic carbocycles. The molecule has 0 aliphatic rings. The molecule has 0 atom stereocenters. The third-order valence-corrected chi connectivity index (χ3v) is 4.60. The maximum atomic E-state index is 12.1. The van der Waals surface area contributed by atoms with E-state index < -0.39 is 0 Å². The minimum absolute atomic E-state index is 0.0432. The zero-order valence-electron chi connectivity index (χ0n) is 14.9. The summed E-state index contributed by atoms with van der Waals surface area (Å²) in [5, 5.41) is 14.4. The van der Waals surface area contributed by atoms with Gasteiger partial charge in [-0.05, 0) is 38.5 Å². The first-order chi connectivity index (χ1) is 11.8.